The summed E-state index contributed by atoms with van der Waals surface area (Å²) in [5.74, 6) is 2.38. The fourth-order valence-electron chi connectivity index (χ4n) is 5.46. The molecule has 4 heterocycles. The first-order valence-electron chi connectivity index (χ1n) is 13.2. The van der Waals surface area contributed by atoms with Gasteiger partial charge in [0.2, 0.25) is 10.0 Å². The summed E-state index contributed by atoms with van der Waals surface area (Å²) >= 11 is 0. The number of sulfonamides is 1. The molecular weight excluding hydrogens is 492 g/mol. The minimum atomic E-state index is -3.58. The topological polar surface area (TPSA) is 91.3 Å². The highest BCUT2D eigenvalue weighted by Gasteiger charge is 2.31. The van der Waals surface area contributed by atoms with Gasteiger partial charge in [0.05, 0.1) is 18.1 Å². The minimum absolute atomic E-state index is 0.347. The largest absolute Gasteiger partial charge is 0.496 e. The normalized spacial score (nSPS) is 22.0. The van der Waals surface area contributed by atoms with Gasteiger partial charge < -0.3 is 19.3 Å². The highest BCUT2D eigenvalue weighted by Crippen LogP contribution is 2.29. The number of hydrogen-bond acceptors (Lipinski definition) is 9. The number of hydrogen-bond donors (Lipinski definition) is 0. The number of rotatable bonds is 7. The lowest BCUT2D eigenvalue weighted by atomic mass is 10.1. The molecule has 11 heteroatoms. The second kappa shape index (κ2) is 11.1. The SMILES string of the molecule is COc1ccc(S(=O)(=O)N2CCN(c3ccc(N4CCN(CC5CCCO5)CC4)nn3)CC2)c(C)c1C. The summed E-state index contributed by atoms with van der Waals surface area (Å²) in [4.78, 5) is 7.22. The highest BCUT2D eigenvalue weighted by molar-refractivity contribution is 7.89. The maximum atomic E-state index is 13.4. The van der Waals surface area contributed by atoms with Crippen LogP contribution in [0.1, 0.15) is 24.0 Å². The maximum absolute atomic E-state index is 13.4. The van der Waals surface area contributed by atoms with E-state index in [-0.39, 0.29) is 0 Å². The number of benzene rings is 1. The monoisotopic (exact) mass is 530 g/mol. The van der Waals surface area contributed by atoms with Crippen LogP contribution in [0, 0.1) is 13.8 Å². The van der Waals surface area contributed by atoms with Crippen LogP contribution >= 0.6 is 0 Å². The lowest BCUT2D eigenvalue weighted by Crippen LogP contribution is -2.49. The predicted octanol–water partition coefficient (Wildman–Crippen LogP) is 1.91. The molecule has 1 aromatic heterocycles. The molecule has 0 spiro atoms. The highest BCUT2D eigenvalue weighted by atomic mass is 32.2. The second-order valence-corrected chi connectivity index (χ2v) is 12.0. The zero-order valence-corrected chi connectivity index (χ0v) is 22.9. The van der Waals surface area contributed by atoms with Crippen LogP contribution < -0.4 is 14.5 Å². The van der Waals surface area contributed by atoms with Crippen LogP contribution in [0.25, 0.3) is 0 Å². The van der Waals surface area contributed by atoms with Crippen molar-refractivity contribution in [1.29, 1.82) is 0 Å². The van der Waals surface area contributed by atoms with E-state index in [4.69, 9.17) is 9.47 Å². The molecule has 0 saturated carbocycles. The fourth-order valence-corrected chi connectivity index (χ4v) is 7.16. The van der Waals surface area contributed by atoms with Gasteiger partial charge in [0.25, 0.3) is 0 Å². The van der Waals surface area contributed by atoms with Crippen molar-refractivity contribution in [2.45, 2.75) is 37.7 Å². The Morgan fingerprint density at radius 3 is 2.05 bits per heavy atom. The number of methoxy groups -OCH3 is 1. The van der Waals surface area contributed by atoms with Crippen LogP contribution in [-0.2, 0) is 14.8 Å². The van der Waals surface area contributed by atoms with Gasteiger partial charge in [0.1, 0.15) is 5.75 Å². The van der Waals surface area contributed by atoms with E-state index in [0.717, 1.165) is 62.1 Å². The first-order valence-corrected chi connectivity index (χ1v) is 14.6. The van der Waals surface area contributed by atoms with E-state index >= 15 is 0 Å². The lowest BCUT2D eigenvalue weighted by molar-refractivity contribution is 0.0712. The third kappa shape index (κ3) is 5.55. The van der Waals surface area contributed by atoms with Crippen molar-refractivity contribution in [3.05, 3.63) is 35.4 Å². The molecule has 0 radical (unpaired) electrons. The Hall–Kier alpha value is -2.47. The molecule has 3 aliphatic heterocycles. The number of nitrogens with zero attached hydrogens (tertiary/aromatic N) is 6. The number of aromatic nitrogens is 2. The van der Waals surface area contributed by atoms with Crippen molar-refractivity contribution in [2.75, 3.05) is 82.4 Å². The third-order valence-corrected chi connectivity index (χ3v) is 9.95. The van der Waals surface area contributed by atoms with Crippen LogP contribution in [0.2, 0.25) is 0 Å². The van der Waals surface area contributed by atoms with Gasteiger partial charge in [-0.25, -0.2) is 8.42 Å². The van der Waals surface area contributed by atoms with Crippen LogP contribution in [0.3, 0.4) is 0 Å². The molecule has 1 unspecified atom stereocenters. The zero-order valence-electron chi connectivity index (χ0n) is 22.1. The summed E-state index contributed by atoms with van der Waals surface area (Å²) in [5, 5.41) is 8.99. The first-order chi connectivity index (χ1) is 17.9. The van der Waals surface area contributed by atoms with Gasteiger partial charge in [-0.3, -0.25) is 4.90 Å². The Balaban J connectivity index is 1.15. The summed E-state index contributed by atoms with van der Waals surface area (Å²) in [5.41, 5.74) is 1.58. The van der Waals surface area contributed by atoms with Crippen LogP contribution in [-0.4, -0.2) is 107 Å². The molecule has 0 bridgehead atoms. The van der Waals surface area contributed by atoms with Crippen molar-refractivity contribution in [2.24, 2.45) is 0 Å². The van der Waals surface area contributed by atoms with Crippen molar-refractivity contribution in [3.63, 3.8) is 0 Å². The molecule has 5 rings (SSSR count). The molecule has 1 atom stereocenters. The molecule has 1 aromatic carbocycles. The lowest BCUT2D eigenvalue weighted by Gasteiger charge is -2.36. The van der Waals surface area contributed by atoms with Crippen LogP contribution in [0.4, 0.5) is 11.6 Å². The van der Waals surface area contributed by atoms with Crippen molar-refractivity contribution < 1.29 is 17.9 Å². The van der Waals surface area contributed by atoms with E-state index in [2.05, 4.69) is 24.9 Å². The van der Waals surface area contributed by atoms with Crippen LogP contribution in [0.5, 0.6) is 5.75 Å². The van der Waals surface area contributed by atoms with Gasteiger partial charge in [-0.1, -0.05) is 0 Å². The Labute approximate surface area is 220 Å². The number of piperazine rings is 2. The smallest absolute Gasteiger partial charge is 0.243 e. The van der Waals surface area contributed by atoms with E-state index in [0.29, 0.717) is 42.9 Å². The van der Waals surface area contributed by atoms with Gasteiger partial charge in [-0.05, 0) is 62.1 Å². The van der Waals surface area contributed by atoms with Crippen molar-refractivity contribution in [3.8, 4) is 5.75 Å². The molecule has 0 aliphatic carbocycles. The standard InChI is InChI=1S/C26H38N6O4S/c1-20-21(2)24(7-6-23(20)35-3)37(33,34)32-16-14-31(15-17-32)26-9-8-25(27-28-26)30-12-10-29(11-13-30)19-22-5-4-18-36-22/h6-9,22H,4-5,10-19H2,1-3H3. The predicted molar refractivity (Wildman–Crippen MR) is 143 cm³/mol. The Morgan fingerprint density at radius 1 is 0.892 bits per heavy atom. The van der Waals surface area contributed by atoms with E-state index in [1.54, 1.807) is 23.5 Å². The molecule has 202 valence electrons. The van der Waals surface area contributed by atoms with Gasteiger partial charge >= 0.3 is 0 Å². The van der Waals surface area contributed by atoms with Crippen molar-refractivity contribution >= 4 is 21.7 Å². The molecule has 0 amide bonds. The summed E-state index contributed by atoms with van der Waals surface area (Å²) < 4.78 is 39.4. The van der Waals surface area contributed by atoms with Crippen molar-refractivity contribution in [1.82, 2.24) is 19.4 Å². The Morgan fingerprint density at radius 2 is 1.51 bits per heavy atom. The van der Waals surface area contributed by atoms with Crippen LogP contribution in [0.15, 0.2) is 29.2 Å². The number of ether oxygens (including phenoxy) is 2. The Kier molecular flexibility index (Phi) is 7.85. The molecule has 2 aromatic rings. The summed E-state index contributed by atoms with van der Waals surface area (Å²) in [6, 6.07) is 7.41. The van der Waals surface area contributed by atoms with E-state index < -0.39 is 10.0 Å². The quantitative estimate of drug-likeness (QED) is 0.532. The van der Waals surface area contributed by atoms with Gasteiger partial charge in [0, 0.05) is 65.5 Å². The molecule has 3 saturated heterocycles. The second-order valence-electron chi connectivity index (χ2n) is 10.1. The molecule has 0 N–H and O–H groups in total. The van der Waals surface area contributed by atoms with E-state index in [1.165, 1.54) is 12.8 Å². The average Bonchev–Trinajstić information content (AvgIpc) is 3.44. The van der Waals surface area contributed by atoms with Gasteiger partial charge in [-0.2, -0.15) is 4.31 Å². The average molecular weight is 531 g/mol. The maximum Gasteiger partial charge on any atom is 0.243 e. The minimum Gasteiger partial charge on any atom is -0.496 e. The van der Waals surface area contributed by atoms with E-state index in [9.17, 15) is 8.42 Å². The summed E-state index contributed by atoms with van der Waals surface area (Å²) in [6.07, 6.45) is 2.75. The fraction of sp³-hybridized carbons (Fsp3) is 0.615. The third-order valence-electron chi connectivity index (χ3n) is 7.91. The Bertz CT molecular complexity index is 1170. The first kappa shape index (κ1) is 26.1. The van der Waals surface area contributed by atoms with Gasteiger partial charge in [0.15, 0.2) is 11.6 Å². The van der Waals surface area contributed by atoms with Gasteiger partial charge in [-0.15, -0.1) is 10.2 Å². The number of anilines is 2. The molecular formula is C26H38N6O4S. The molecule has 3 aliphatic rings. The van der Waals surface area contributed by atoms with E-state index in [1.807, 2.05) is 26.0 Å². The summed E-state index contributed by atoms with van der Waals surface area (Å²) in [6.45, 7) is 11.5. The molecule has 3 fully saturated rings. The molecule has 10 nitrogen and oxygen atoms in total. The zero-order chi connectivity index (χ0) is 26.0. The summed E-state index contributed by atoms with van der Waals surface area (Å²) in [7, 11) is -1.99. The molecule has 37 heavy (non-hydrogen) atoms.